The number of carbonyl (C=O) groups is 1. The van der Waals surface area contributed by atoms with Gasteiger partial charge in [0, 0.05) is 38.6 Å². The van der Waals surface area contributed by atoms with E-state index in [1.807, 2.05) is 30.5 Å². The van der Waals surface area contributed by atoms with Crippen molar-refractivity contribution in [2.24, 2.45) is 5.92 Å². The second kappa shape index (κ2) is 5.45. The fourth-order valence-electron chi connectivity index (χ4n) is 4.24. The summed E-state index contributed by atoms with van der Waals surface area (Å²) in [5.41, 5.74) is 1.96. The van der Waals surface area contributed by atoms with Crippen molar-refractivity contribution < 1.29 is 4.79 Å². The molecular weight excluding hydrogens is 300 g/mol. The van der Waals surface area contributed by atoms with Gasteiger partial charge in [-0.1, -0.05) is 6.07 Å². The van der Waals surface area contributed by atoms with Crippen LogP contribution >= 0.6 is 0 Å². The maximum Gasteiger partial charge on any atom is 0.270 e. The zero-order chi connectivity index (χ0) is 16.1. The quantitative estimate of drug-likeness (QED) is 0.866. The lowest BCUT2D eigenvalue weighted by Crippen LogP contribution is -2.51. The number of fused-ring (bicyclic) bond motifs is 3. The van der Waals surface area contributed by atoms with E-state index in [0.717, 1.165) is 43.5 Å². The molecule has 3 aliphatic rings. The largest absolute Gasteiger partial charge is 0.337 e. The van der Waals surface area contributed by atoms with Crippen molar-refractivity contribution in [3.05, 3.63) is 54.1 Å². The average Bonchev–Trinajstić information content (AvgIpc) is 3.11. The smallest absolute Gasteiger partial charge is 0.270 e. The first-order valence-electron chi connectivity index (χ1n) is 8.89. The molecule has 0 radical (unpaired) electrons. The second-order valence-electron chi connectivity index (χ2n) is 7.35. The van der Waals surface area contributed by atoms with Crippen molar-refractivity contribution >= 4 is 5.91 Å². The third kappa shape index (κ3) is 2.35. The molecule has 2 aromatic rings. The molecule has 124 valence electrons. The zero-order valence-electron chi connectivity index (χ0n) is 13.7. The van der Waals surface area contributed by atoms with Gasteiger partial charge in [0.2, 0.25) is 0 Å². The Morgan fingerprint density at radius 2 is 1.96 bits per heavy atom. The normalized spacial score (nSPS) is 26.5. The standard InChI is InChI=1S/C19H22N4O/c24-19-16-5-3-9-22(16)17-12-21(11-15-4-1-2-8-20-15)13-18(17)23(19)10-14-6-7-14/h1-5,8-9,14,17-18H,6-7,10-13H2/t17-,18-/m0/s1. The first-order valence-corrected chi connectivity index (χ1v) is 8.89. The van der Waals surface area contributed by atoms with E-state index in [9.17, 15) is 4.79 Å². The molecule has 2 atom stereocenters. The summed E-state index contributed by atoms with van der Waals surface area (Å²) in [6, 6.07) is 10.7. The van der Waals surface area contributed by atoms with Gasteiger partial charge in [0.25, 0.3) is 5.91 Å². The first-order chi connectivity index (χ1) is 11.8. The Labute approximate surface area is 141 Å². The minimum atomic E-state index is 0.216. The number of carbonyl (C=O) groups excluding carboxylic acids is 1. The molecule has 2 aromatic heterocycles. The molecule has 1 aliphatic carbocycles. The van der Waals surface area contributed by atoms with Gasteiger partial charge in [0.1, 0.15) is 5.69 Å². The van der Waals surface area contributed by atoms with Crippen molar-refractivity contribution in [1.29, 1.82) is 0 Å². The minimum Gasteiger partial charge on any atom is -0.337 e. The van der Waals surface area contributed by atoms with E-state index in [4.69, 9.17) is 0 Å². The highest BCUT2D eigenvalue weighted by molar-refractivity contribution is 5.94. The number of nitrogens with zero attached hydrogens (tertiary/aromatic N) is 4. The number of pyridine rings is 1. The zero-order valence-corrected chi connectivity index (χ0v) is 13.7. The van der Waals surface area contributed by atoms with Gasteiger partial charge in [-0.25, -0.2) is 0 Å². The van der Waals surface area contributed by atoms with Crippen LogP contribution in [0.3, 0.4) is 0 Å². The van der Waals surface area contributed by atoms with E-state index in [1.54, 1.807) is 0 Å². The molecule has 0 aromatic carbocycles. The van der Waals surface area contributed by atoms with Gasteiger partial charge in [-0.15, -0.1) is 0 Å². The third-order valence-corrected chi connectivity index (χ3v) is 5.61. The third-order valence-electron chi connectivity index (χ3n) is 5.61. The van der Waals surface area contributed by atoms with Crippen molar-refractivity contribution in [3.8, 4) is 0 Å². The van der Waals surface area contributed by atoms with Crippen LogP contribution in [0.4, 0.5) is 0 Å². The summed E-state index contributed by atoms with van der Waals surface area (Å²) >= 11 is 0. The predicted octanol–water partition coefficient (Wildman–Crippen LogP) is 2.17. The lowest BCUT2D eigenvalue weighted by atomic mass is 10.1. The van der Waals surface area contributed by atoms with Crippen LogP contribution in [0, 0.1) is 5.92 Å². The van der Waals surface area contributed by atoms with Gasteiger partial charge >= 0.3 is 0 Å². The van der Waals surface area contributed by atoms with Crippen LogP contribution < -0.4 is 0 Å². The van der Waals surface area contributed by atoms with Gasteiger partial charge in [0.05, 0.1) is 17.8 Å². The van der Waals surface area contributed by atoms with Crippen LogP contribution in [0.15, 0.2) is 42.7 Å². The Bertz CT molecular complexity index is 752. The molecule has 24 heavy (non-hydrogen) atoms. The van der Waals surface area contributed by atoms with E-state index in [1.165, 1.54) is 12.8 Å². The fourth-order valence-corrected chi connectivity index (χ4v) is 4.24. The topological polar surface area (TPSA) is 41.4 Å². The van der Waals surface area contributed by atoms with Gasteiger partial charge in [-0.2, -0.15) is 0 Å². The fraction of sp³-hybridized carbons (Fsp3) is 0.474. The SMILES string of the molecule is O=C1c2cccn2[C@H]2CN(Cc3ccccn3)C[C@@H]2N1CC1CC1. The Morgan fingerprint density at radius 3 is 2.75 bits per heavy atom. The molecule has 1 saturated carbocycles. The molecule has 0 bridgehead atoms. The molecule has 1 amide bonds. The van der Waals surface area contributed by atoms with Crippen molar-refractivity contribution in [2.75, 3.05) is 19.6 Å². The summed E-state index contributed by atoms with van der Waals surface area (Å²) in [6.45, 7) is 3.72. The highest BCUT2D eigenvalue weighted by Gasteiger charge is 2.46. The Kier molecular flexibility index (Phi) is 3.23. The molecule has 5 heteroatoms. The van der Waals surface area contributed by atoms with E-state index in [2.05, 4.69) is 31.6 Å². The Balaban J connectivity index is 1.42. The summed E-state index contributed by atoms with van der Waals surface area (Å²) in [4.78, 5) is 22.0. The van der Waals surface area contributed by atoms with Crippen LogP contribution in [0.2, 0.25) is 0 Å². The minimum absolute atomic E-state index is 0.216. The molecule has 0 spiro atoms. The van der Waals surface area contributed by atoms with E-state index < -0.39 is 0 Å². The maximum atomic E-state index is 12.9. The summed E-state index contributed by atoms with van der Waals surface area (Å²) in [7, 11) is 0. The van der Waals surface area contributed by atoms with Crippen LogP contribution in [0.1, 0.15) is 35.1 Å². The van der Waals surface area contributed by atoms with Crippen LogP contribution in [-0.4, -0.2) is 50.9 Å². The monoisotopic (exact) mass is 322 g/mol. The summed E-state index contributed by atoms with van der Waals surface area (Å²) < 4.78 is 2.20. The number of aromatic nitrogens is 2. The molecule has 0 N–H and O–H groups in total. The first kappa shape index (κ1) is 14.2. The maximum absolute atomic E-state index is 12.9. The average molecular weight is 322 g/mol. The second-order valence-corrected chi connectivity index (χ2v) is 7.35. The molecule has 4 heterocycles. The number of rotatable bonds is 4. The van der Waals surface area contributed by atoms with E-state index in [-0.39, 0.29) is 5.91 Å². The lowest BCUT2D eigenvalue weighted by molar-refractivity contribution is 0.0565. The number of amides is 1. The summed E-state index contributed by atoms with van der Waals surface area (Å²) in [5, 5.41) is 0. The van der Waals surface area contributed by atoms with Crippen molar-refractivity contribution in [1.82, 2.24) is 19.4 Å². The molecule has 5 rings (SSSR count). The highest BCUT2D eigenvalue weighted by Crippen LogP contribution is 2.38. The predicted molar refractivity (Wildman–Crippen MR) is 90.5 cm³/mol. The summed E-state index contributed by atoms with van der Waals surface area (Å²) in [5.74, 6) is 0.939. The number of hydrogen-bond donors (Lipinski definition) is 0. The Morgan fingerprint density at radius 1 is 1.08 bits per heavy atom. The molecule has 1 saturated heterocycles. The lowest BCUT2D eigenvalue weighted by Gasteiger charge is -2.38. The van der Waals surface area contributed by atoms with Gasteiger partial charge in [-0.05, 0) is 43.0 Å². The van der Waals surface area contributed by atoms with E-state index in [0.29, 0.717) is 12.1 Å². The van der Waals surface area contributed by atoms with Gasteiger partial charge < -0.3 is 9.47 Å². The molecule has 2 fully saturated rings. The number of likely N-dealkylation sites (tertiary alicyclic amines) is 1. The Hall–Kier alpha value is -2.14. The highest BCUT2D eigenvalue weighted by atomic mass is 16.2. The van der Waals surface area contributed by atoms with Gasteiger partial charge in [-0.3, -0.25) is 14.7 Å². The molecule has 2 aliphatic heterocycles. The molecular formula is C19H22N4O. The van der Waals surface area contributed by atoms with Gasteiger partial charge in [0.15, 0.2) is 0 Å². The van der Waals surface area contributed by atoms with Crippen LogP contribution in [-0.2, 0) is 6.54 Å². The summed E-state index contributed by atoms with van der Waals surface area (Å²) in [6.07, 6.45) is 6.48. The molecule has 0 unspecified atom stereocenters. The van der Waals surface area contributed by atoms with Crippen LogP contribution in [0.25, 0.3) is 0 Å². The van der Waals surface area contributed by atoms with Crippen molar-refractivity contribution in [3.63, 3.8) is 0 Å². The van der Waals surface area contributed by atoms with Crippen LogP contribution in [0.5, 0.6) is 0 Å². The molecule has 5 nitrogen and oxygen atoms in total. The van der Waals surface area contributed by atoms with Crippen molar-refractivity contribution in [2.45, 2.75) is 31.5 Å². The number of hydrogen-bond acceptors (Lipinski definition) is 3. The van der Waals surface area contributed by atoms with E-state index >= 15 is 0 Å².